The molecule has 0 radical (unpaired) electrons. The van der Waals surface area contributed by atoms with E-state index in [0.717, 1.165) is 40.9 Å². The van der Waals surface area contributed by atoms with Gasteiger partial charge in [-0.3, -0.25) is 4.79 Å². The zero-order valence-corrected chi connectivity index (χ0v) is 19.1. The van der Waals surface area contributed by atoms with Crippen LogP contribution in [0.2, 0.25) is 5.02 Å². The molecule has 1 aromatic heterocycles. The summed E-state index contributed by atoms with van der Waals surface area (Å²) in [6.45, 7) is 1.22. The number of sulfonamides is 1. The summed E-state index contributed by atoms with van der Waals surface area (Å²) >= 11 is 7.84. The summed E-state index contributed by atoms with van der Waals surface area (Å²) in [7, 11) is -3.74. The average Bonchev–Trinajstić information content (AvgIpc) is 3.46. The number of amides is 1. The molecule has 162 valence electrons. The Labute approximate surface area is 190 Å². The summed E-state index contributed by atoms with van der Waals surface area (Å²) in [5.41, 5.74) is 1.33. The van der Waals surface area contributed by atoms with Gasteiger partial charge in [-0.05, 0) is 56.0 Å². The van der Waals surface area contributed by atoms with E-state index in [4.69, 9.17) is 16.6 Å². The molecule has 3 aromatic rings. The third kappa shape index (κ3) is 4.35. The van der Waals surface area contributed by atoms with Gasteiger partial charge in [0.05, 0.1) is 20.2 Å². The van der Waals surface area contributed by atoms with Gasteiger partial charge in [-0.1, -0.05) is 23.7 Å². The molecule has 0 spiro atoms. The second-order valence-electron chi connectivity index (χ2n) is 8.15. The third-order valence-corrected chi connectivity index (χ3v) is 8.94. The minimum Gasteiger partial charge on any atom is -0.338 e. The fourth-order valence-corrected chi connectivity index (χ4v) is 6.86. The Morgan fingerprint density at radius 1 is 1.16 bits per heavy atom. The highest BCUT2D eigenvalue weighted by Crippen LogP contribution is 2.34. The lowest BCUT2D eigenvalue weighted by Gasteiger charge is -2.32. The van der Waals surface area contributed by atoms with Gasteiger partial charge in [0.2, 0.25) is 10.0 Å². The molecule has 0 unspecified atom stereocenters. The molecule has 31 heavy (non-hydrogen) atoms. The van der Waals surface area contributed by atoms with Crippen LogP contribution in [0.3, 0.4) is 0 Å². The number of benzene rings is 2. The van der Waals surface area contributed by atoms with E-state index in [1.54, 1.807) is 22.3 Å². The monoisotopic (exact) mass is 475 g/mol. The fourth-order valence-electron chi connectivity index (χ4n) is 3.94. The van der Waals surface area contributed by atoms with Crippen LogP contribution in [0.15, 0.2) is 47.4 Å². The lowest BCUT2D eigenvalue weighted by molar-refractivity contribution is 0.0707. The molecular weight excluding hydrogens is 454 g/mol. The quantitative estimate of drug-likeness (QED) is 0.592. The molecule has 1 saturated heterocycles. The summed E-state index contributed by atoms with van der Waals surface area (Å²) in [4.78, 5) is 19.8. The normalized spacial score (nSPS) is 19.6. The number of thiazole rings is 1. The van der Waals surface area contributed by atoms with Gasteiger partial charge in [0, 0.05) is 30.6 Å². The van der Waals surface area contributed by atoms with Gasteiger partial charge in [0.25, 0.3) is 5.91 Å². The maximum atomic E-state index is 13.2. The molecule has 6 nitrogen and oxygen atoms in total. The molecule has 1 aliphatic heterocycles. The van der Waals surface area contributed by atoms with Crippen molar-refractivity contribution in [3.8, 4) is 0 Å². The minimum atomic E-state index is -3.74. The largest absolute Gasteiger partial charge is 0.338 e. The van der Waals surface area contributed by atoms with E-state index in [1.807, 2.05) is 18.2 Å². The summed E-state index contributed by atoms with van der Waals surface area (Å²) in [6, 6.07) is 12.5. The topological polar surface area (TPSA) is 79.4 Å². The first-order chi connectivity index (χ1) is 14.9. The number of carbonyl (C=O) groups is 1. The number of hydrogen-bond donors (Lipinski definition) is 1. The Bertz CT molecular complexity index is 1220. The Hall–Kier alpha value is -2.00. The van der Waals surface area contributed by atoms with Crippen LogP contribution in [-0.4, -0.2) is 43.3 Å². The summed E-state index contributed by atoms with van der Waals surface area (Å²) < 4.78 is 29.1. The molecule has 1 atom stereocenters. The van der Waals surface area contributed by atoms with Crippen molar-refractivity contribution in [1.29, 1.82) is 0 Å². The van der Waals surface area contributed by atoms with Crippen LogP contribution in [0.1, 0.15) is 47.0 Å². The lowest BCUT2D eigenvalue weighted by Crippen LogP contribution is -2.39. The summed E-state index contributed by atoms with van der Waals surface area (Å²) in [5.74, 6) is 0.00693. The van der Waals surface area contributed by atoms with E-state index in [0.29, 0.717) is 18.7 Å². The van der Waals surface area contributed by atoms with Crippen molar-refractivity contribution in [3.63, 3.8) is 0 Å². The Kier molecular flexibility index (Phi) is 5.50. The van der Waals surface area contributed by atoms with Gasteiger partial charge in [-0.2, -0.15) is 0 Å². The van der Waals surface area contributed by atoms with E-state index in [2.05, 4.69) is 10.8 Å². The molecule has 1 N–H and O–H groups in total. The van der Waals surface area contributed by atoms with Crippen molar-refractivity contribution in [1.82, 2.24) is 14.6 Å². The highest BCUT2D eigenvalue weighted by molar-refractivity contribution is 7.89. The number of para-hydroxylation sites is 1. The number of likely N-dealkylation sites (tertiary alicyclic amines) is 1. The second kappa shape index (κ2) is 8.16. The van der Waals surface area contributed by atoms with E-state index < -0.39 is 10.0 Å². The highest BCUT2D eigenvalue weighted by Gasteiger charge is 2.31. The van der Waals surface area contributed by atoms with Crippen LogP contribution in [0, 0.1) is 0 Å². The van der Waals surface area contributed by atoms with Crippen molar-refractivity contribution >= 4 is 49.1 Å². The summed E-state index contributed by atoms with van der Waals surface area (Å²) in [5, 5.41) is 1.17. The highest BCUT2D eigenvalue weighted by atomic mass is 35.5. The van der Waals surface area contributed by atoms with Crippen LogP contribution in [-0.2, 0) is 10.0 Å². The van der Waals surface area contributed by atoms with Gasteiger partial charge in [0.15, 0.2) is 0 Å². The number of rotatable bonds is 5. The number of fused-ring (bicyclic) bond motifs is 1. The van der Waals surface area contributed by atoms with Crippen molar-refractivity contribution in [2.75, 3.05) is 13.1 Å². The van der Waals surface area contributed by atoms with Gasteiger partial charge in [0.1, 0.15) is 4.90 Å². The Morgan fingerprint density at radius 3 is 2.74 bits per heavy atom. The predicted molar refractivity (Wildman–Crippen MR) is 122 cm³/mol. The molecule has 2 heterocycles. The molecular formula is C22H22ClN3O3S2. The van der Waals surface area contributed by atoms with E-state index >= 15 is 0 Å². The van der Waals surface area contributed by atoms with Crippen molar-refractivity contribution < 1.29 is 13.2 Å². The molecule has 5 rings (SSSR count). The molecule has 1 amide bonds. The van der Waals surface area contributed by atoms with Crippen LogP contribution < -0.4 is 4.72 Å². The SMILES string of the molecule is O=C(c1ccc(Cl)c(S(=O)(=O)NC2CC2)c1)N1CCC[C@H](c2nc3ccccc3s2)C1. The maximum absolute atomic E-state index is 13.2. The molecule has 0 bridgehead atoms. The Morgan fingerprint density at radius 2 is 1.97 bits per heavy atom. The van der Waals surface area contributed by atoms with Crippen molar-refractivity contribution in [2.24, 2.45) is 0 Å². The van der Waals surface area contributed by atoms with Crippen LogP contribution in [0.4, 0.5) is 0 Å². The average molecular weight is 476 g/mol. The molecule has 9 heteroatoms. The number of nitrogens with zero attached hydrogens (tertiary/aromatic N) is 2. The first kappa shape index (κ1) is 20.9. The third-order valence-electron chi connectivity index (χ3n) is 5.74. The first-order valence-corrected chi connectivity index (χ1v) is 13.0. The van der Waals surface area contributed by atoms with Gasteiger partial charge in [-0.15, -0.1) is 11.3 Å². The molecule has 2 aromatic carbocycles. The molecule has 1 aliphatic carbocycles. The zero-order valence-electron chi connectivity index (χ0n) is 16.8. The smallest absolute Gasteiger partial charge is 0.253 e. The second-order valence-corrected chi connectivity index (χ2v) is 11.3. The first-order valence-electron chi connectivity index (χ1n) is 10.4. The number of piperidine rings is 1. The number of halogens is 1. The molecule has 2 aliphatic rings. The minimum absolute atomic E-state index is 0.0305. The number of carbonyl (C=O) groups excluding carboxylic acids is 1. The van der Waals surface area contributed by atoms with Gasteiger partial charge in [-0.25, -0.2) is 18.1 Å². The lowest BCUT2D eigenvalue weighted by atomic mass is 9.98. The van der Waals surface area contributed by atoms with E-state index in [-0.39, 0.29) is 27.8 Å². The number of aromatic nitrogens is 1. The predicted octanol–water partition coefficient (Wildman–Crippen LogP) is 4.41. The van der Waals surface area contributed by atoms with Gasteiger partial charge < -0.3 is 4.90 Å². The van der Waals surface area contributed by atoms with Gasteiger partial charge >= 0.3 is 0 Å². The number of nitrogens with one attached hydrogen (secondary N) is 1. The summed E-state index contributed by atoms with van der Waals surface area (Å²) in [6.07, 6.45) is 3.52. The van der Waals surface area contributed by atoms with Crippen LogP contribution in [0.5, 0.6) is 0 Å². The van der Waals surface area contributed by atoms with Crippen molar-refractivity contribution in [2.45, 2.75) is 42.5 Å². The maximum Gasteiger partial charge on any atom is 0.253 e. The van der Waals surface area contributed by atoms with Crippen molar-refractivity contribution in [3.05, 3.63) is 58.1 Å². The van der Waals surface area contributed by atoms with Crippen LogP contribution >= 0.6 is 22.9 Å². The molecule has 1 saturated carbocycles. The van der Waals surface area contributed by atoms with Crippen LogP contribution in [0.25, 0.3) is 10.2 Å². The van der Waals surface area contributed by atoms with E-state index in [1.165, 1.54) is 12.1 Å². The number of hydrogen-bond acceptors (Lipinski definition) is 5. The van der Waals surface area contributed by atoms with E-state index in [9.17, 15) is 13.2 Å². The standard InChI is InChI=1S/C22H22ClN3O3S2/c23-17-10-7-14(12-20(17)31(28,29)25-16-8-9-16)22(27)26-11-3-4-15(13-26)21-24-18-5-1-2-6-19(18)30-21/h1-2,5-7,10,12,15-16,25H,3-4,8-9,11,13H2/t15-/m0/s1. The zero-order chi connectivity index (χ0) is 21.6. The fraction of sp³-hybridized carbons (Fsp3) is 0.364. The Balaban J connectivity index is 1.37. The molecule has 2 fully saturated rings.